The first-order chi connectivity index (χ1) is 11.5. The third-order valence-electron chi connectivity index (χ3n) is 5.11. The molecule has 0 spiro atoms. The maximum atomic E-state index is 14.5. The Bertz CT molecular complexity index is 808. The summed E-state index contributed by atoms with van der Waals surface area (Å²) in [5, 5.41) is 18.0. The summed E-state index contributed by atoms with van der Waals surface area (Å²) in [5.41, 5.74) is 1.61. The zero-order valence-electron chi connectivity index (χ0n) is 12.6. The highest BCUT2D eigenvalue weighted by Crippen LogP contribution is 2.67. The second kappa shape index (κ2) is 5.90. The summed E-state index contributed by atoms with van der Waals surface area (Å²) in [6, 6.07) is 4.62. The van der Waals surface area contributed by atoms with Crippen molar-refractivity contribution in [2.75, 3.05) is 0 Å². The lowest BCUT2D eigenvalue weighted by molar-refractivity contribution is -0.149. The summed E-state index contributed by atoms with van der Waals surface area (Å²) in [6.07, 6.45) is -0.163. The van der Waals surface area contributed by atoms with Crippen molar-refractivity contribution in [1.82, 2.24) is 0 Å². The van der Waals surface area contributed by atoms with Crippen molar-refractivity contribution in [3.05, 3.63) is 33.8 Å². The van der Waals surface area contributed by atoms with Crippen molar-refractivity contribution in [3.8, 4) is 0 Å². The van der Waals surface area contributed by atoms with Crippen LogP contribution in [0.4, 0.5) is 4.39 Å². The largest absolute Gasteiger partial charge is 0.480 e. The van der Waals surface area contributed by atoms with Crippen LogP contribution in [0.2, 0.25) is 10.0 Å². The molecule has 0 heterocycles. The molecule has 0 aliphatic heterocycles. The molecule has 6 nitrogen and oxygen atoms in total. The predicted molar refractivity (Wildman–Crippen MR) is 89.7 cm³/mol. The highest BCUT2D eigenvalue weighted by Gasteiger charge is 2.85. The molecule has 1 aromatic carbocycles. The van der Waals surface area contributed by atoms with Crippen molar-refractivity contribution < 1.29 is 28.4 Å². The average Bonchev–Trinajstić information content (AvgIpc) is 2.98. The van der Waals surface area contributed by atoms with Gasteiger partial charge in [-0.05, 0) is 24.1 Å². The van der Waals surface area contributed by atoms with Crippen molar-refractivity contribution in [2.45, 2.75) is 28.6 Å². The fourth-order valence-corrected chi connectivity index (χ4v) is 5.95. The fraction of sp³-hybridized carbons (Fsp3) is 0.467. The van der Waals surface area contributed by atoms with Gasteiger partial charge in [-0.25, -0.2) is 9.18 Å². The van der Waals surface area contributed by atoms with Crippen LogP contribution in [0.3, 0.4) is 0 Å². The van der Waals surface area contributed by atoms with Crippen LogP contribution in [0, 0.1) is 11.8 Å². The molecule has 3 rings (SSSR count). The number of aliphatic carboxylic acids is 2. The summed E-state index contributed by atoms with van der Waals surface area (Å²) in [6.45, 7) is 0. The van der Waals surface area contributed by atoms with Gasteiger partial charge in [0.1, 0.15) is 5.54 Å². The number of rotatable bonds is 5. The minimum atomic E-state index is -2.67. The Morgan fingerprint density at radius 2 is 1.92 bits per heavy atom. The summed E-state index contributed by atoms with van der Waals surface area (Å²) in [4.78, 5) is 22.8. The molecule has 2 fully saturated rings. The van der Waals surface area contributed by atoms with Crippen molar-refractivity contribution >= 4 is 45.9 Å². The zero-order valence-corrected chi connectivity index (χ0v) is 14.9. The second-order valence-corrected chi connectivity index (χ2v) is 8.83. The molecule has 0 amide bonds. The third kappa shape index (κ3) is 2.58. The molecule has 1 aromatic rings. The van der Waals surface area contributed by atoms with E-state index >= 15 is 0 Å². The molecule has 0 aromatic heterocycles. The Hall–Kier alpha value is -1.22. The van der Waals surface area contributed by atoms with E-state index in [1.54, 1.807) is 6.07 Å². The number of benzene rings is 1. The van der Waals surface area contributed by atoms with Gasteiger partial charge in [0.05, 0.1) is 15.3 Å². The van der Waals surface area contributed by atoms with Crippen LogP contribution < -0.4 is 5.73 Å². The van der Waals surface area contributed by atoms with E-state index in [0.29, 0.717) is 10.6 Å². The Morgan fingerprint density at radius 3 is 2.44 bits per heavy atom. The smallest absolute Gasteiger partial charge is 0.342 e. The lowest BCUT2D eigenvalue weighted by Crippen LogP contribution is -2.61. The maximum absolute atomic E-state index is 14.5. The molecule has 4 N–H and O–H groups in total. The number of carboxylic acids is 2. The molecule has 10 heteroatoms. The molecular formula is C15H14Cl2FNO5S. The monoisotopic (exact) mass is 409 g/mol. The number of nitrogens with two attached hydrogens (primary N) is 1. The van der Waals surface area contributed by atoms with Crippen LogP contribution in [0.1, 0.15) is 12.0 Å². The van der Waals surface area contributed by atoms with Gasteiger partial charge in [-0.3, -0.25) is 9.00 Å². The third-order valence-corrected chi connectivity index (χ3v) is 7.68. The van der Waals surface area contributed by atoms with E-state index in [1.165, 1.54) is 12.1 Å². The van der Waals surface area contributed by atoms with Gasteiger partial charge >= 0.3 is 11.9 Å². The first-order valence-electron chi connectivity index (χ1n) is 7.30. The van der Waals surface area contributed by atoms with Crippen LogP contribution in [0.15, 0.2) is 18.2 Å². The number of hydrogen-bond donors (Lipinski definition) is 3. The van der Waals surface area contributed by atoms with E-state index in [-0.39, 0.29) is 17.2 Å². The van der Waals surface area contributed by atoms with Gasteiger partial charge in [0.25, 0.3) is 0 Å². The van der Waals surface area contributed by atoms with Crippen molar-refractivity contribution in [2.24, 2.45) is 17.6 Å². The molecule has 2 aliphatic rings. The molecule has 136 valence electrons. The Balaban J connectivity index is 1.85. The minimum absolute atomic E-state index is 0.0421. The van der Waals surface area contributed by atoms with Crippen molar-refractivity contribution in [3.63, 3.8) is 0 Å². The van der Waals surface area contributed by atoms with Gasteiger partial charge in [0, 0.05) is 28.4 Å². The van der Waals surface area contributed by atoms with E-state index < -0.39 is 51.0 Å². The van der Waals surface area contributed by atoms with E-state index in [1.807, 2.05) is 0 Å². The maximum Gasteiger partial charge on any atom is 0.342 e. The number of alkyl halides is 1. The highest BCUT2D eigenvalue weighted by molar-refractivity contribution is 7.85. The van der Waals surface area contributed by atoms with Gasteiger partial charge in [-0.15, -0.1) is 0 Å². The summed E-state index contributed by atoms with van der Waals surface area (Å²) in [7, 11) is -1.76. The number of carboxylic acid groups (broad SMARTS) is 2. The van der Waals surface area contributed by atoms with Crippen LogP contribution in [0.5, 0.6) is 0 Å². The van der Waals surface area contributed by atoms with E-state index in [2.05, 4.69) is 0 Å². The number of carbonyl (C=O) groups is 2. The summed E-state index contributed by atoms with van der Waals surface area (Å²) >= 11 is 11.7. The molecule has 4 unspecified atom stereocenters. The first-order valence-corrected chi connectivity index (χ1v) is 9.44. The van der Waals surface area contributed by atoms with E-state index in [4.69, 9.17) is 34.0 Å². The van der Waals surface area contributed by atoms with Crippen molar-refractivity contribution in [1.29, 1.82) is 0 Å². The number of halogens is 3. The highest BCUT2D eigenvalue weighted by atomic mass is 35.5. The summed E-state index contributed by atoms with van der Waals surface area (Å²) < 4.78 is 27.2. The predicted octanol–water partition coefficient (Wildman–Crippen LogP) is 1.84. The van der Waals surface area contributed by atoms with Gasteiger partial charge in [-0.2, -0.15) is 0 Å². The fourth-order valence-electron chi connectivity index (χ4n) is 3.82. The lowest BCUT2D eigenvalue weighted by atomic mass is 9.90. The Morgan fingerprint density at radius 1 is 1.28 bits per heavy atom. The number of fused-ring (bicyclic) bond motifs is 1. The molecule has 0 radical (unpaired) electrons. The average molecular weight is 410 g/mol. The van der Waals surface area contributed by atoms with Crippen LogP contribution in [-0.4, -0.2) is 42.8 Å². The van der Waals surface area contributed by atoms with Gasteiger partial charge < -0.3 is 15.9 Å². The van der Waals surface area contributed by atoms with Crippen LogP contribution in [0.25, 0.3) is 0 Å². The van der Waals surface area contributed by atoms with Gasteiger partial charge in [0.2, 0.25) is 5.67 Å². The quantitative estimate of drug-likeness (QED) is 0.682. The first kappa shape index (κ1) is 18.6. The Kier molecular flexibility index (Phi) is 4.39. The van der Waals surface area contributed by atoms with E-state index in [9.17, 15) is 23.3 Å². The van der Waals surface area contributed by atoms with Crippen LogP contribution >= 0.6 is 23.2 Å². The summed E-state index contributed by atoms with van der Waals surface area (Å²) in [5.74, 6) is -5.76. The molecular weight excluding hydrogens is 396 g/mol. The second-order valence-electron chi connectivity index (χ2n) is 6.39. The topological polar surface area (TPSA) is 118 Å². The van der Waals surface area contributed by atoms with E-state index in [0.717, 1.165) is 0 Å². The Labute approximate surface area is 154 Å². The normalized spacial score (nSPS) is 37.4. The zero-order chi connectivity index (χ0) is 18.7. The molecule has 25 heavy (non-hydrogen) atoms. The molecule has 6 atom stereocenters. The van der Waals surface area contributed by atoms with Gasteiger partial charge in [0.15, 0.2) is 0 Å². The van der Waals surface area contributed by atoms with Gasteiger partial charge in [-0.1, -0.05) is 29.3 Å². The molecule has 2 aliphatic carbocycles. The molecule has 0 saturated heterocycles. The lowest BCUT2D eigenvalue weighted by Gasteiger charge is -2.31. The van der Waals surface area contributed by atoms with Crippen LogP contribution in [-0.2, 0) is 26.1 Å². The molecule has 2 saturated carbocycles. The minimum Gasteiger partial charge on any atom is -0.480 e. The SMILES string of the molecule is N[C@@]1(C(=O)O)C(S(=O)Cc2ccc(Cl)c(Cl)c2)CC2[C@H]1C2(F)C(=O)O. The number of hydrogen-bond acceptors (Lipinski definition) is 4. The standard InChI is InChI=1S/C15H14Cl2FNO5S/c16-8-2-1-6(3-9(8)17)5-25(24)10-4-7-11(14(7,18)12(20)21)15(10,19)13(22)23/h1-3,7,10-11H,4-5,19H2,(H,20,21)(H,22,23)/t7?,10?,11-,14?,15-,25?/m0/s1. The molecule has 0 bridgehead atoms.